The minimum Gasteiger partial charge on any atom is -0.309 e. The third kappa shape index (κ3) is 13.5. The number of nitrogens with zero attached hydrogens (tertiary/aromatic N) is 3. The monoisotopic (exact) mass is 1570 g/mol. The van der Waals surface area contributed by atoms with E-state index in [1.165, 1.54) is 160 Å². The minimum absolute atomic E-state index is 1.08. The van der Waals surface area contributed by atoms with Crippen LogP contribution in [0.25, 0.3) is 171 Å². The van der Waals surface area contributed by atoms with Gasteiger partial charge in [-0.1, -0.05) is 315 Å². The summed E-state index contributed by atoms with van der Waals surface area (Å²) in [5, 5.41) is 7.64. The normalized spacial score (nSPS) is 11.3. The zero-order valence-electron chi connectivity index (χ0n) is 58.7. The lowest BCUT2D eigenvalue weighted by molar-refractivity contribution is 1.18. The highest BCUT2D eigenvalue weighted by molar-refractivity contribution is 9.11. The Kier molecular flexibility index (Phi) is 18.6. The van der Waals surface area contributed by atoms with E-state index >= 15 is 0 Å². The van der Waals surface area contributed by atoms with Gasteiger partial charge in [0.05, 0.1) is 33.1 Å². The second-order valence-corrected chi connectivity index (χ2v) is 29.9. The van der Waals surface area contributed by atoms with Crippen LogP contribution in [0, 0.1) is 0 Å². The Labute approximate surface area is 653 Å². The van der Waals surface area contributed by atoms with Gasteiger partial charge in [-0.25, -0.2) is 0 Å². The molecular weight excluding hydrogens is 1510 g/mol. The molecule has 0 unspecified atom stereocenters. The maximum Gasteiger partial charge on any atom is 0.0541 e. The molecule has 0 aliphatic rings. The molecule has 108 heavy (non-hydrogen) atoms. The van der Waals surface area contributed by atoms with Crippen molar-refractivity contribution in [2.45, 2.75) is 0 Å². The van der Waals surface area contributed by atoms with Crippen LogP contribution in [0.2, 0.25) is 0 Å². The third-order valence-corrected chi connectivity index (χ3v) is 21.9. The summed E-state index contributed by atoms with van der Waals surface area (Å²) < 4.78 is 10.4. The van der Waals surface area contributed by atoms with Gasteiger partial charge in [-0.05, 0) is 235 Å². The molecule has 0 radical (unpaired) electrons. The van der Waals surface area contributed by atoms with Crippen molar-refractivity contribution in [1.29, 1.82) is 0 Å². The highest BCUT2D eigenvalue weighted by Crippen LogP contribution is 2.42. The van der Waals surface area contributed by atoms with Gasteiger partial charge in [0, 0.05) is 62.8 Å². The average Bonchev–Trinajstić information content (AvgIpc) is 1.60. The number of para-hydroxylation sites is 6. The maximum absolute atomic E-state index is 3.70. The zero-order valence-corrected chi connectivity index (χ0v) is 63.5. The predicted octanol–water partition coefficient (Wildman–Crippen LogP) is 30.0. The van der Waals surface area contributed by atoms with Crippen LogP contribution in [-0.4, -0.2) is 13.7 Å². The second-order valence-electron chi connectivity index (χ2n) is 27.2. The number of rotatable bonds is 11. The Hall–Kier alpha value is -12.4. The largest absolute Gasteiger partial charge is 0.309 e. The van der Waals surface area contributed by atoms with E-state index in [2.05, 4.69) is 450 Å². The van der Waals surface area contributed by atoms with E-state index in [1.807, 2.05) is 24.3 Å². The molecular formula is C102H68Br3N3. The number of hydrogen-bond acceptors (Lipinski definition) is 0. The minimum atomic E-state index is 1.08. The summed E-state index contributed by atoms with van der Waals surface area (Å²) in [7, 11) is 0. The van der Waals surface area contributed by atoms with Crippen molar-refractivity contribution >= 4 is 113 Å². The lowest BCUT2D eigenvalue weighted by Gasteiger charge is -2.15. The van der Waals surface area contributed by atoms with Crippen molar-refractivity contribution in [3.05, 3.63) is 426 Å². The lowest BCUT2D eigenvalue weighted by atomic mass is 9.90. The number of benzene rings is 17. The van der Waals surface area contributed by atoms with Gasteiger partial charge < -0.3 is 13.7 Å². The van der Waals surface area contributed by atoms with E-state index < -0.39 is 0 Å². The van der Waals surface area contributed by atoms with E-state index in [0.29, 0.717) is 0 Å². The SMILES string of the molecule is Brc1cc(-c2ccccc2)cc(-c2ccc(-n3c4ccccc4c4ccccc43)cc2)c1.Brc1cc(Br)cc(-c2ccccc2)c1.c1ccc(-c2cc(-c3ccc(-n4c5ccccc5c5ccccc54)cc3)cc(-c3cc(-c4ccccc4)cc(-c4ccc(-n5c6ccccc6c6ccccc65)cc4)c3)c2)cc1. The zero-order chi connectivity index (χ0) is 72.4. The van der Waals surface area contributed by atoms with E-state index in [1.54, 1.807) is 0 Å². The Morgan fingerprint density at radius 1 is 0.130 bits per heavy atom. The summed E-state index contributed by atoms with van der Waals surface area (Å²) in [5.41, 5.74) is 29.9. The fourth-order valence-corrected chi connectivity index (χ4v) is 17.2. The van der Waals surface area contributed by atoms with Gasteiger partial charge in [-0.2, -0.15) is 0 Å². The first-order valence-corrected chi connectivity index (χ1v) is 38.7. The van der Waals surface area contributed by atoms with Crippen LogP contribution in [0.4, 0.5) is 0 Å². The first-order valence-electron chi connectivity index (χ1n) is 36.3. The molecule has 3 nitrogen and oxygen atoms in total. The molecule has 20 rings (SSSR count). The molecule has 3 heterocycles. The fourth-order valence-electron chi connectivity index (χ4n) is 15.4. The quantitative estimate of drug-likeness (QED) is 0.123. The molecule has 0 saturated heterocycles. The van der Waals surface area contributed by atoms with Crippen molar-refractivity contribution in [2.24, 2.45) is 0 Å². The first-order chi connectivity index (χ1) is 53.3. The van der Waals surface area contributed by atoms with E-state index in [4.69, 9.17) is 0 Å². The van der Waals surface area contributed by atoms with Gasteiger partial charge in [-0.3, -0.25) is 0 Å². The van der Waals surface area contributed by atoms with Crippen LogP contribution >= 0.6 is 47.8 Å². The Morgan fingerprint density at radius 2 is 0.287 bits per heavy atom. The number of halogens is 3. The Balaban J connectivity index is 0.000000147. The summed E-state index contributed by atoms with van der Waals surface area (Å²) in [6, 6.07) is 148. The number of aromatic nitrogens is 3. The van der Waals surface area contributed by atoms with Gasteiger partial charge in [0.1, 0.15) is 0 Å². The molecule has 512 valence electrons. The smallest absolute Gasteiger partial charge is 0.0541 e. The summed E-state index contributed by atoms with van der Waals surface area (Å²) in [4.78, 5) is 0. The van der Waals surface area contributed by atoms with E-state index in [9.17, 15) is 0 Å². The molecule has 6 heteroatoms. The summed E-state index contributed by atoms with van der Waals surface area (Å²) in [6.45, 7) is 0. The molecule has 0 atom stereocenters. The van der Waals surface area contributed by atoms with Crippen LogP contribution in [-0.2, 0) is 0 Å². The van der Waals surface area contributed by atoms with Gasteiger partial charge in [0.2, 0.25) is 0 Å². The Morgan fingerprint density at radius 3 is 0.509 bits per heavy atom. The van der Waals surface area contributed by atoms with E-state index in [-0.39, 0.29) is 0 Å². The molecule has 0 N–H and O–H groups in total. The topological polar surface area (TPSA) is 14.8 Å². The number of fused-ring (bicyclic) bond motifs is 9. The standard InChI is InChI=1S/C60H40N2.C30H20BrN.C12H8Br2/c1-3-15-41(16-4-1)45-35-47(43-27-31-51(32-28-43)61-57-23-11-7-19-53(57)54-20-8-12-24-58(54)61)39-49(37-45)50-38-46(42-17-5-2-6-18-42)36-48(40-50)44-29-33-52(34-30-44)62-59-25-13-9-21-55(59)56-22-10-14-26-60(56)62;31-25-19-23(21-8-2-1-3-9-21)18-24(20-25)22-14-16-26(17-15-22)32-29-12-6-4-10-27(29)28-11-5-7-13-30(28)32;13-11-6-10(7-12(14)8-11)9-4-2-1-3-5-9/h1-40H;1-20H;1-8H. The first kappa shape index (κ1) is 67.5. The predicted molar refractivity (Wildman–Crippen MR) is 469 cm³/mol. The summed E-state index contributed by atoms with van der Waals surface area (Å²) >= 11 is 10.7. The fraction of sp³-hybridized carbons (Fsp3) is 0. The highest BCUT2D eigenvalue weighted by atomic mass is 79.9. The number of hydrogen-bond donors (Lipinski definition) is 0. The molecule has 0 aliphatic carbocycles. The van der Waals surface area contributed by atoms with Gasteiger partial charge in [0.15, 0.2) is 0 Å². The van der Waals surface area contributed by atoms with Crippen molar-refractivity contribution in [3.8, 4) is 106 Å². The lowest BCUT2D eigenvalue weighted by Crippen LogP contribution is -1.94. The van der Waals surface area contributed by atoms with E-state index in [0.717, 1.165) is 24.8 Å². The summed E-state index contributed by atoms with van der Waals surface area (Å²) in [5.74, 6) is 0. The average molecular weight is 1580 g/mol. The molecule has 0 fully saturated rings. The molecule has 17 aromatic carbocycles. The molecule has 0 bridgehead atoms. The van der Waals surface area contributed by atoms with Gasteiger partial charge in [0.25, 0.3) is 0 Å². The maximum atomic E-state index is 3.70. The van der Waals surface area contributed by atoms with Crippen molar-refractivity contribution in [3.63, 3.8) is 0 Å². The van der Waals surface area contributed by atoms with Crippen LogP contribution in [0.3, 0.4) is 0 Å². The molecule has 0 spiro atoms. The van der Waals surface area contributed by atoms with Crippen LogP contribution in [0.5, 0.6) is 0 Å². The van der Waals surface area contributed by atoms with Gasteiger partial charge in [-0.15, -0.1) is 0 Å². The molecule has 0 aliphatic heterocycles. The molecule has 0 amide bonds. The third-order valence-electron chi connectivity index (χ3n) is 20.5. The van der Waals surface area contributed by atoms with Crippen molar-refractivity contribution in [1.82, 2.24) is 13.7 Å². The van der Waals surface area contributed by atoms with Crippen molar-refractivity contribution < 1.29 is 0 Å². The van der Waals surface area contributed by atoms with Crippen molar-refractivity contribution in [2.75, 3.05) is 0 Å². The molecule has 0 saturated carbocycles. The van der Waals surface area contributed by atoms with Crippen LogP contribution in [0.15, 0.2) is 426 Å². The van der Waals surface area contributed by atoms with Gasteiger partial charge >= 0.3 is 0 Å². The highest BCUT2D eigenvalue weighted by Gasteiger charge is 2.18. The van der Waals surface area contributed by atoms with Crippen LogP contribution < -0.4 is 0 Å². The second kappa shape index (κ2) is 29.8. The van der Waals surface area contributed by atoms with Crippen LogP contribution in [0.1, 0.15) is 0 Å². The summed E-state index contributed by atoms with van der Waals surface area (Å²) in [6.07, 6.45) is 0. The molecule has 3 aromatic heterocycles. The molecule has 20 aromatic rings. The Bertz CT molecular complexity index is 6240.